The fourth-order valence-electron chi connectivity index (χ4n) is 2.97. The summed E-state index contributed by atoms with van der Waals surface area (Å²) in [7, 11) is 0. The monoisotopic (exact) mass is 370 g/mol. The van der Waals surface area contributed by atoms with Crippen molar-refractivity contribution in [1.82, 2.24) is 19.9 Å². The minimum atomic E-state index is -4.50. The first kappa shape index (κ1) is 18.6. The zero-order valence-corrected chi connectivity index (χ0v) is 14.7. The lowest BCUT2D eigenvalue weighted by atomic mass is 10.1. The number of likely N-dealkylation sites (tertiary alicyclic amines) is 1. The summed E-state index contributed by atoms with van der Waals surface area (Å²) in [4.78, 5) is 13.8. The summed E-state index contributed by atoms with van der Waals surface area (Å²) in [5.41, 5.74) is -0.0623. The number of hydrogen-bond donors (Lipinski definition) is 0. The van der Waals surface area contributed by atoms with E-state index in [0.29, 0.717) is 19.4 Å². The molecule has 2 aromatic rings. The second-order valence-electron chi connectivity index (χ2n) is 6.63. The van der Waals surface area contributed by atoms with Crippen LogP contribution < -0.4 is 4.74 Å². The van der Waals surface area contributed by atoms with E-state index in [1.165, 1.54) is 6.39 Å². The maximum atomic E-state index is 12.7. The summed E-state index contributed by atoms with van der Waals surface area (Å²) in [5, 5.41) is 0. The standard InChI is InChI=1S/C17H21F3N4O2/c1-11(2)15-13(22-10-25-15)9-24-7-4-12(5-8-24)26-16-21-6-3-14(23-16)17(18,19)20/h3,6,10-12H,4-5,7-9H2,1-2H3. The van der Waals surface area contributed by atoms with Gasteiger partial charge in [-0.1, -0.05) is 13.8 Å². The number of rotatable bonds is 5. The third-order valence-electron chi connectivity index (χ3n) is 4.30. The van der Waals surface area contributed by atoms with E-state index in [-0.39, 0.29) is 18.0 Å². The van der Waals surface area contributed by atoms with Crippen LogP contribution in [0.25, 0.3) is 0 Å². The van der Waals surface area contributed by atoms with E-state index in [1.54, 1.807) is 0 Å². The predicted octanol–water partition coefficient (Wildman–Crippen LogP) is 3.65. The second-order valence-corrected chi connectivity index (χ2v) is 6.63. The zero-order valence-electron chi connectivity index (χ0n) is 14.7. The van der Waals surface area contributed by atoms with Crippen LogP contribution in [0.3, 0.4) is 0 Å². The highest BCUT2D eigenvalue weighted by molar-refractivity contribution is 5.11. The summed E-state index contributed by atoms with van der Waals surface area (Å²) in [6, 6.07) is 0.608. The van der Waals surface area contributed by atoms with Crippen molar-refractivity contribution in [1.29, 1.82) is 0 Å². The Balaban J connectivity index is 1.53. The molecule has 1 aliphatic rings. The number of alkyl halides is 3. The van der Waals surface area contributed by atoms with E-state index < -0.39 is 11.9 Å². The van der Waals surface area contributed by atoms with Crippen molar-refractivity contribution in [3.8, 4) is 6.01 Å². The van der Waals surface area contributed by atoms with Gasteiger partial charge < -0.3 is 9.15 Å². The highest BCUT2D eigenvalue weighted by atomic mass is 19.4. The van der Waals surface area contributed by atoms with Crippen LogP contribution in [-0.2, 0) is 12.7 Å². The summed E-state index contributed by atoms with van der Waals surface area (Å²) in [5.74, 6) is 1.16. The van der Waals surface area contributed by atoms with Gasteiger partial charge in [-0.3, -0.25) is 4.90 Å². The molecule has 9 heteroatoms. The van der Waals surface area contributed by atoms with Crippen molar-refractivity contribution in [3.05, 3.63) is 35.8 Å². The average molecular weight is 370 g/mol. The van der Waals surface area contributed by atoms with Crippen LogP contribution in [0.5, 0.6) is 6.01 Å². The SMILES string of the molecule is CC(C)c1ocnc1CN1CCC(Oc2nccc(C(F)(F)F)n2)CC1. The molecule has 0 aliphatic carbocycles. The van der Waals surface area contributed by atoms with E-state index in [0.717, 1.165) is 36.8 Å². The Kier molecular flexibility index (Phi) is 5.45. The van der Waals surface area contributed by atoms with Gasteiger partial charge in [0.1, 0.15) is 11.9 Å². The van der Waals surface area contributed by atoms with Gasteiger partial charge in [-0.05, 0) is 18.9 Å². The van der Waals surface area contributed by atoms with Gasteiger partial charge in [0.25, 0.3) is 0 Å². The molecule has 26 heavy (non-hydrogen) atoms. The molecule has 1 aliphatic heterocycles. The van der Waals surface area contributed by atoms with E-state index in [2.05, 4.69) is 33.7 Å². The molecule has 0 amide bonds. The van der Waals surface area contributed by atoms with E-state index >= 15 is 0 Å². The largest absolute Gasteiger partial charge is 0.460 e. The summed E-state index contributed by atoms with van der Waals surface area (Å²) in [6.45, 7) is 6.32. The van der Waals surface area contributed by atoms with Crippen molar-refractivity contribution in [3.63, 3.8) is 0 Å². The zero-order chi connectivity index (χ0) is 18.7. The first-order chi connectivity index (χ1) is 12.3. The average Bonchev–Trinajstić information content (AvgIpc) is 3.05. The van der Waals surface area contributed by atoms with E-state index in [1.807, 2.05) is 0 Å². The van der Waals surface area contributed by atoms with Gasteiger partial charge in [-0.2, -0.15) is 18.2 Å². The number of oxazole rings is 1. The Morgan fingerprint density at radius 3 is 2.65 bits per heavy atom. The van der Waals surface area contributed by atoms with Crippen molar-refractivity contribution in [2.75, 3.05) is 13.1 Å². The lowest BCUT2D eigenvalue weighted by Gasteiger charge is -2.31. The Morgan fingerprint density at radius 1 is 1.27 bits per heavy atom. The Labute approximate surface area is 149 Å². The molecule has 3 rings (SSSR count). The quantitative estimate of drug-likeness (QED) is 0.801. The molecule has 0 N–H and O–H groups in total. The van der Waals surface area contributed by atoms with E-state index in [9.17, 15) is 13.2 Å². The lowest BCUT2D eigenvalue weighted by molar-refractivity contribution is -0.141. The van der Waals surface area contributed by atoms with Crippen LogP contribution in [0.2, 0.25) is 0 Å². The van der Waals surface area contributed by atoms with Crippen LogP contribution >= 0.6 is 0 Å². The number of ether oxygens (including phenoxy) is 1. The van der Waals surface area contributed by atoms with Crippen molar-refractivity contribution >= 4 is 0 Å². The fraction of sp³-hybridized carbons (Fsp3) is 0.588. The first-order valence-electron chi connectivity index (χ1n) is 8.54. The molecule has 0 bridgehead atoms. The molecule has 1 fully saturated rings. The Morgan fingerprint density at radius 2 is 2.00 bits per heavy atom. The maximum absolute atomic E-state index is 12.7. The van der Waals surface area contributed by atoms with Crippen LogP contribution in [0.15, 0.2) is 23.1 Å². The minimum absolute atomic E-state index is 0.198. The van der Waals surface area contributed by atoms with Crippen molar-refractivity contribution < 1.29 is 22.3 Å². The number of aromatic nitrogens is 3. The third kappa shape index (κ3) is 4.51. The maximum Gasteiger partial charge on any atom is 0.433 e. The Hall–Kier alpha value is -2.16. The smallest absolute Gasteiger partial charge is 0.433 e. The number of hydrogen-bond acceptors (Lipinski definition) is 6. The molecule has 1 saturated heterocycles. The molecule has 0 atom stereocenters. The second kappa shape index (κ2) is 7.61. The molecule has 6 nitrogen and oxygen atoms in total. The highest BCUT2D eigenvalue weighted by Gasteiger charge is 2.33. The summed E-state index contributed by atoms with van der Waals surface area (Å²) >= 11 is 0. The van der Waals surface area contributed by atoms with Gasteiger partial charge in [-0.15, -0.1) is 0 Å². The number of piperidine rings is 1. The first-order valence-corrected chi connectivity index (χ1v) is 8.54. The predicted molar refractivity (Wildman–Crippen MR) is 86.6 cm³/mol. The van der Waals surface area contributed by atoms with Crippen LogP contribution in [0, 0.1) is 0 Å². The topological polar surface area (TPSA) is 64.3 Å². The minimum Gasteiger partial charge on any atom is -0.460 e. The summed E-state index contributed by atoms with van der Waals surface area (Å²) in [6.07, 6.45) is -0.792. The molecule has 0 radical (unpaired) electrons. The number of halogens is 3. The van der Waals surface area contributed by atoms with Gasteiger partial charge in [0.2, 0.25) is 0 Å². The van der Waals surface area contributed by atoms with E-state index in [4.69, 9.17) is 9.15 Å². The molecule has 0 aromatic carbocycles. The van der Waals surface area contributed by atoms with Crippen LogP contribution in [0.1, 0.15) is 49.8 Å². The van der Waals surface area contributed by atoms with Gasteiger partial charge >= 0.3 is 12.2 Å². The molecule has 0 spiro atoms. The molecular formula is C17H21F3N4O2. The summed E-state index contributed by atoms with van der Waals surface area (Å²) < 4.78 is 49.1. The normalized spacial score (nSPS) is 17.0. The van der Waals surface area contributed by atoms with Gasteiger partial charge in [-0.25, -0.2) is 9.97 Å². The van der Waals surface area contributed by atoms with Crippen LogP contribution in [-0.4, -0.2) is 39.0 Å². The third-order valence-corrected chi connectivity index (χ3v) is 4.30. The molecule has 0 saturated carbocycles. The Bertz CT molecular complexity index is 725. The van der Waals surface area contributed by atoms with Crippen LogP contribution in [0.4, 0.5) is 13.2 Å². The number of nitrogens with zero attached hydrogens (tertiary/aromatic N) is 4. The van der Waals surface area contributed by atoms with Gasteiger partial charge in [0.05, 0.1) is 5.69 Å². The van der Waals surface area contributed by atoms with Crippen molar-refractivity contribution in [2.24, 2.45) is 0 Å². The molecule has 2 aromatic heterocycles. The molecule has 3 heterocycles. The van der Waals surface area contributed by atoms with Gasteiger partial charge in [0, 0.05) is 31.7 Å². The fourth-order valence-corrected chi connectivity index (χ4v) is 2.97. The van der Waals surface area contributed by atoms with Gasteiger partial charge in [0.15, 0.2) is 12.1 Å². The molecular weight excluding hydrogens is 349 g/mol. The molecule has 142 valence electrons. The highest BCUT2D eigenvalue weighted by Crippen LogP contribution is 2.28. The lowest BCUT2D eigenvalue weighted by Crippen LogP contribution is -2.38. The van der Waals surface area contributed by atoms with Crippen molar-refractivity contribution in [2.45, 2.75) is 51.4 Å². The molecule has 0 unspecified atom stereocenters.